The molecule has 0 saturated carbocycles. The number of carboxylic acid groups (broad SMARTS) is 1. The first kappa shape index (κ1) is 11.4. The lowest BCUT2D eigenvalue weighted by Crippen LogP contribution is -2.44. The average molecular weight is 176 g/mol. The van der Waals surface area contributed by atoms with Gasteiger partial charge in [0.05, 0.1) is 5.60 Å². The number of aliphatic carboxylic acids is 1. The molecule has 3 N–H and O–H groups in total. The van der Waals surface area contributed by atoms with Crippen LogP contribution in [0.15, 0.2) is 0 Å². The summed E-state index contributed by atoms with van der Waals surface area (Å²) in [6, 6.07) is 0. The van der Waals surface area contributed by atoms with Gasteiger partial charge in [0, 0.05) is 0 Å². The summed E-state index contributed by atoms with van der Waals surface area (Å²) in [7, 11) is 0. The molecule has 2 atom stereocenters. The Bertz CT molecular complexity index is 153. The van der Waals surface area contributed by atoms with E-state index in [9.17, 15) is 9.90 Å². The van der Waals surface area contributed by atoms with Crippen molar-refractivity contribution in [2.75, 3.05) is 0 Å². The molecular formula is C8H16O4. The molecule has 4 nitrogen and oxygen atoms in total. The van der Waals surface area contributed by atoms with Crippen LogP contribution in [0.3, 0.4) is 0 Å². The Labute approximate surface area is 71.8 Å². The fourth-order valence-electron chi connectivity index (χ4n) is 0.937. The summed E-state index contributed by atoms with van der Waals surface area (Å²) in [5.41, 5.74) is -1.51. The highest BCUT2D eigenvalue weighted by atomic mass is 16.4. The molecule has 72 valence electrons. The van der Waals surface area contributed by atoms with Crippen molar-refractivity contribution in [1.29, 1.82) is 0 Å². The summed E-state index contributed by atoms with van der Waals surface area (Å²) < 4.78 is 0. The van der Waals surface area contributed by atoms with Crippen LogP contribution in [0.4, 0.5) is 0 Å². The number of aliphatic hydroxyl groups excluding tert-OH is 1. The van der Waals surface area contributed by atoms with Gasteiger partial charge >= 0.3 is 5.97 Å². The number of carbonyl (C=O) groups is 1. The zero-order chi connectivity index (χ0) is 9.78. The van der Waals surface area contributed by atoms with Crippen LogP contribution in [0.1, 0.15) is 33.1 Å². The zero-order valence-electron chi connectivity index (χ0n) is 7.45. The maximum absolute atomic E-state index is 10.3. The van der Waals surface area contributed by atoms with Crippen molar-refractivity contribution in [2.24, 2.45) is 0 Å². The molecule has 0 aliphatic carbocycles. The first-order valence-electron chi connectivity index (χ1n) is 4.05. The highest BCUT2D eigenvalue weighted by Crippen LogP contribution is 2.18. The number of carboxylic acids is 1. The Morgan fingerprint density at radius 3 is 2.42 bits per heavy atom. The molecule has 0 aliphatic heterocycles. The lowest BCUT2D eigenvalue weighted by atomic mass is 9.93. The van der Waals surface area contributed by atoms with Crippen LogP contribution in [0.25, 0.3) is 0 Å². The molecule has 12 heavy (non-hydrogen) atoms. The van der Waals surface area contributed by atoms with Crippen LogP contribution >= 0.6 is 0 Å². The lowest BCUT2D eigenvalue weighted by Gasteiger charge is -2.25. The van der Waals surface area contributed by atoms with E-state index in [1.54, 1.807) is 0 Å². The van der Waals surface area contributed by atoms with Gasteiger partial charge in [0.25, 0.3) is 0 Å². The summed E-state index contributed by atoms with van der Waals surface area (Å²) in [4.78, 5) is 10.3. The van der Waals surface area contributed by atoms with Gasteiger partial charge in [0.1, 0.15) is 0 Å². The summed E-state index contributed by atoms with van der Waals surface area (Å²) >= 11 is 0. The minimum Gasteiger partial charge on any atom is -0.479 e. The number of rotatable bonds is 5. The van der Waals surface area contributed by atoms with Crippen molar-refractivity contribution in [3.63, 3.8) is 0 Å². The minimum atomic E-state index is -1.69. The normalized spacial score (nSPS) is 18.3. The van der Waals surface area contributed by atoms with Gasteiger partial charge in [-0.3, -0.25) is 0 Å². The van der Waals surface area contributed by atoms with Gasteiger partial charge in [-0.2, -0.15) is 0 Å². The average Bonchev–Trinajstić information content (AvgIpc) is 1.99. The third kappa shape index (κ3) is 3.19. The van der Waals surface area contributed by atoms with Crippen molar-refractivity contribution in [2.45, 2.75) is 44.8 Å². The predicted octanol–water partition coefficient (Wildman–Crippen LogP) is 0.373. The number of hydrogen-bond donors (Lipinski definition) is 3. The lowest BCUT2D eigenvalue weighted by molar-refractivity contribution is -0.162. The van der Waals surface area contributed by atoms with Crippen LogP contribution in [0.5, 0.6) is 0 Å². The molecule has 4 heteroatoms. The molecule has 0 rings (SSSR count). The number of unbranched alkanes of at least 4 members (excludes halogenated alkanes) is 1. The Kier molecular flexibility index (Phi) is 4.20. The Balaban J connectivity index is 4.08. The van der Waals surface area contributed by atoms with Crippen LogP contribution in [0.2, 0.25) is 0 Å². The van der Waals surface area contributed by atoms with Crippen LogP contribution in [-0.2, 0) is 4.79 Å². The second-order valence-electron chi connectivity index (χ2n) is 3.20. The molecule has 0 heterocycles. The minimum absolute atomic E-state index is 0.303. The second-order valence-corrected chi connectivity index (χ2v) is 3.20. The van der Waals surface area contributed by atoms with Crippen molar-refractivity contribution < 1.29 is 20.1 Å². The van der Waals surface area contributed by atoms with E-state index in [2.05, 4.69) is 0 Å². The van der Waals surface area contributed by atoms with Gasteiger partial charge < -0.3 is 15.3 Å². The van der Waals surface area contributed by atoms with E-state index in [0.29, 0.717) is 12.8 Å². The van der Waals surface area contributed by atoms with E-state index < -0.39 is 17.7 Å². The number of hydrogen-bond acceptors (Lipinski definition) is 3. The molecule has 0 aromatic carbocycles. The summed E-state index contributed by atoms with van der Waals surface area (Å²) in [5.74, 6) is -1.38. The largest absolute Gasteiger partial charge is 0.479 e. The van der Waals surface area contributed by atoms with Crippen molar-refractivity contribution >= 4 is 5.97 Å². The zero-order valence-corrected chi connectivity index (χ0v) is 7.45. The second kappa shape index (κ2) is 4.42. The van der Waals surface area contributed by atoms with E-state index in [0.717, 1.165) is 6.42 Å². The Hall–Kier alpha value is -0.610. The van der Waals surface area contributed by atoms with Crippen LogP contribution < -0.4 is 0 Å². The molecule has 2 unspecified atom stereocenters. The predicted molar refractivity (Wildman–Crippen MR) is 43.8 cm³/mol. The van der Waals surface area contributed by atoms with E-state index in [4.69, 9.17) is 10.2 Å². The van der Waals surface area contributed by atoms with Gasteiger partial charge in [-0.05, 0) is 13.3 Å². The monoisotopic (exact) mass is 176 g/mol. The Morgan fingerprint density at radius 2 is 2.08 bits per heavy atom. The van der Waals surface area contributed by atoms with Gasteiger partial charge in [0.15, 0.2) is 6.10 Å². The highest BCUT2D eigenvalue weighted by molar-refractivity contribution is 5.73. The van der Waals surface area contributed by atoms with E-state index >= 15 is 0 Å². The van der Waals surface area contributed by atoms with E-state index in [1.807, 2.05) is 6.92 Å². The fraction of sp³-hybridized carbons (Fsp3) is 0.875. The summed E-state index contributed by atoms with van der Waals surface area (Å²) in [5, 5.41) is 26.9. The van der Waals surface area contributed by atoms with E-state index in [1.165, 1.54) is 6.92 Å². The number of aliphatic hydroxyl groups is 2. The quantitative estimate of drug-likeness (QED) is 0.565. The van der Waals surface area contributed by atoms with Crippen LogP contribution in [-0.4, -0.2) is 33.0 Å². The van der Waals surface area contributed by atoms with Crippen molar-refractivity contribution in [1.82, 2.24) is 0 Å². The Morgan fingerprint density at radius 1 is 1.58 bits per heavy atom. The molecular weight excluding hydrogens is 160 g/mol. The standard InChI is InChI=1S/C8H16O4/c1-3-4-5-8(2,12)6(9)7(10)11/h6,9,12H,3-5H2,1-2H3,(H,10,11). The van der Waals surface area contributed by atoms with Crippen LogP contribution in [0, 0.1) is 0 Å². The molecule has 0 aromatic heterocycles. The topological polar surface area (TPSA) is 77.8 Å². The molecule has 0 spiro atoms. The fourth-order valence-corrected chi connectivity index (χ4v) is 0.937. The third-order valence-electron chi connectivity index (χ3n) is 1.86. The summed E-state index contributed by atoms with van der Waals surface area (Å²) in [6.07, 6.45) is 0.181. The molecule has 0 fully saturated rings. The van der Waals surface area contributed by atoms with Gasteiger partial charge in [0.2, 0.25) is 0 Å². The van der Waals surface area contributed by atoms with E-state index in [-0.39, 0.29) is 0 Å². The van der Waals surface area contributed by atoms with Crippen molar-refractivity contribution in [3.8, 4) is 0 Å². The SMILES string of the molecule is CCCCC(C)(O)C(O)C(=O)O. The first-order valence-corrected chi connectivity index (χ1v) is 4.05. The highest BCUT2D eigenvalue weighted by Gasteiger charge is 2.34. The van der Waals surface area contributed by atoms with Gasteiger partial charge in [-0.1, -0.05) is 19.8 Å². The maximum atomic E-state index is 10.3. The van der Waals surface area contributed by atoms with Gasteiger partial charge in [-0.15, -0.1) is 0 Å². The first-order chi connectivity index (χ1) is 5.41. The molecule has 0 saturated heterocycles. The van der Waals surface area contributed by atoms with Gasteiger partial charge in [-0.25, -0.2) is 4.79 Å². The molecule has 0 bridgehead atoms. The molecule has 0 aliphatic rings. The smallest absolute Gasteiger partial charge is 0.335 e. The molecule has 0 amide bonds. The third-order valence-corrected chi connectivity index (χ3v) is 1.86. The molecule has 0 radical (unpaired) electrons. The summed E-state index contributed by atoms with van der Waals surface area (Å²) in [6.45, 7) is 3.27. The van der Waals surface area contributed by atoms with Crippen molar-refractivity contribution in [3.05, 3.63) is 0 Å². The molecule has 0 aromatic rings. The maximum Gasteiger partial charge on any atom is 0.335 e.